The Balaban J connectivity index is 2.08. The number of halogens is 1. The van der Waals surface area contributed by atoms with E-state index >= 15 is 0 Å². The quantitative estimate of drug-likeness (QED) is 0.737. The average molecular weight is 331 g/mol. The highest BCUT2D eigenvalue weighted by Gasteiger charge is 2.09. The van der Waals surface area contributed by atoms with Crippen LogP contribution in [0.25, 0.3) is 10.9 Å². The fourth-order valence-corrected chi connectivity index (χ4v) is 2.60. The minimum atomic E-state index is -0.151. The molecule has 0 aliphatic rings. The zero-order valence-electron chi connectivity index (χ0n) is 12.7. The molecule has 0 N–H and O–H groups in total. The lowest BCUT2D eigenvalue weighted by atomic mass is 10.1. The Labute approximate surface area is 138 Å². The van der Waals surface area contributed by atoms with Gasteiger partial charge in [-0.25, -0.2) is 4.98 Å². The van der Waals surface area contributed by atoms with Gasteiger partial charge in [-0.05, 0) is 36.4 Å². The van der Waals surface area contributed by atoms with E-state index in [1.54, 1.807) is 32.4 Å². The van der Waals surface area contributed by atoms with Gasteiger partial charge >= 0.3 is 0 Å². The van der Waals surface area contributed by atoms with Crippen molar-refractivity contribution in [1.82, 2.24) is 9.55 Å². The Morgan fingerprint density at radius 2 is 1.96 bits per heavy atom. The molecule has 5 nitrogen and oxygen atoms in total. The lowest BCUT2D eigenvalue weighted by Crippen LogP contribution is -2.21. The molecule has 0 saturated carbocycles. The number of ether oxygens (including phenoxy) is 2. The highest BCUT2D eigenvalue weighted by atomic mass is 35.5. The van der Waals surface area contributed by atoms with Crippen LogP contribution in [-0.4, -0.2) is 23.8 Å². The molecule has 0 radical (unpaired) electrons. The molecule has 0 aliphatic carbocycles. The van der Waals surface area contributed by atoms with Crippen molar-refractivity contribution in [3.63, 3.8) is 0 Å². The molecular weight excluding hydrogens is 316 g/mol. The number of aromatic nitrogens is 2. The maximum absolute atomic E-state index is 12.6. The molecule has 0 atom stereocenters. The highest BCUT2D eigenvalue weighted by Crippen LogP contribution is 2.24. The van der Waals surface area contributed by atoms with Crippen LogP contribution in [0.15, 0.2) is 47.5 Å². The van der Waals surface area contributed by atoms with E-state index in [0.29, 0.717) is 34.0 Å². The highest BCUT2D eigenvalue weighted by molar-refractivity contribution is 6.31. The Bertz CT molecular complexity index is 921. The zero-order valence-corrected chi connectivity index (χ0v) is 13.5. The zero-order chi connectivity index (χ0) is 16.4. The summed E-state index contributed by atoms with van der Waals surface area (Å²) in [7, 11) is 3.18. The van der Waals surface area contributed by atoms with Gasteiger partial charge in [0.1, 0.15) is 11.5 Å². The van der Waals surface area contributed by atoms with Crippen molar-refractivity contribution in [2.75, 3.05) is 14.2 Å². The lowest BCUT2D eigenvalue weighted by Gasteiger charge is -2.12. The normalized spacial score (nSPS) is 10.7. The molecule has 3 rings (SSSR count). The van der Waals surface area contributed by atoms with Crippen molar-refractivity contribution in [2.45, 2.75) is 6.54 Å². The smallest absolute Gasteiger partial charge is 0.261 e. The first-order valence-electron chi connectivity index (χ1n) is 6.98. The largest absolute Gasteiger partial charge is 0.497 e. The van der Waals surface area contributed by atoms with Crippen LogP contribution >= 0.6 is 11.6 Å². The second-order valence-corrected chi connectivity index (χ2v) is 5.45. The fraction of sp³-hybridized carbons (Fsp3) is 0.176. The molecule has 0 unspecified atom stereocenters. The van der Waals surface area contributed by atoms with Crippen LogP contribution in [0.4, 0.5) is 0 Å². The van der Waals surface area contributed by atoms with E-state index in [2.05, 4.69) is 4.98 Å². The molecule has 23 heavy (non-hydrogen) atoms. The maximum atomic E-state index is 12.6. The van der Waals surface area contributed by atoms with E-state index in [1.165, 1.54) is 10.9 Å². The van der Waals surface area contributed by atoms with Gasteiger partial charge in [0.05, 0.1) is 38.0 Å². The molecule has 2 aromatic carbocycles. The van der Waals surface area contributed by atoms with Gasteiger partial charge in [-0.15, -0.1) is 0 Å². The summed E-state index contributed by atoms with van der Waals surface area (Å²) in [4.78, 5) is 16.9. The molecule has 1 heterocycles. The number of fused-ring (bicyclic) bond motifs is 1. The van der Waals surface area contributed by atoms with E-state index in [0.717, 1.165) is 5.56 Å². The summed E-state index contributed by atoms with van der Waals surface area (Å²) in [5, 5.41) is 0.995. The Kier molecular flexibility index (Phi) is 4.21. The van der Waals surface area contributed by atoms with Crippen molar-refractivity contribution in [2.24, 2.45) is 0 Å². The number of rotatable bonds is 4. The van der Waals surface area contributed by atoms with Crippen LogP contribution in [0.5, 0.6) is 11.5 Å². The predicted octanol–water partition coefficient (Wildman–Crippen LogP) is 3.12. The molecule has 6 heteroatoms. The molecular formula is C17H15ClN2O3. The standard InChI is InChI=1S/C17H15ClN2O3/c1-22-13-4-6-16(23-2)11(7-13)9-20-10-19-15-5-3-12(18)8-14(15)17(20)21/h3-8,10H,9H2,1-2H3. The van der Waals surface area contributed by atoms with E-state index in [1.807, 2.05) is 18.2 Å². The average Bonchev–Trinajstić information content (AvgIpc) is 2.57. The summed E-state index contributed by atoms with van der Waals surface area (Å²) >= 11 is 5.98. The van der Waals surface area contributed by atoms with Crippen LogP contribution in [0, 0.1) is 0 Å². The van der Waals surface area contributed by atoms with Crippen molar-refractivity contribution in [3.8, 4) is 11.5 Å². The lowest BCUT2D eigenvalue weighted by molar-refractivity contribution is 0.397. The first-order valence-corrected chi connectivity index (χ1v) is 7.36. The number of methoxy groups -OCH3 is 2. The van der Waals surface area contributed by atoms with Gasteiger partial charge in [-0.1, -0.05) is 11.6 Å². The molecule has 0 amide bonds. The molecule has 0 aliphatic heterocycles. The van der Waals surface area contributed by atoms with Crippen LogP contribution in [0.3, 0.4) is 0 Å². The fourth-order valence-electron chi connectivity index (χ4n) is 2.43. The van der Waals surface area contributed by atoms with Crippen LogP contribution in [0.2, 0.25) is 5.02 Å². The number of benzene rings is 2. The minimum Gasteiger partial charge on any atom is -0.497 e. The Morgan fingerprint density at radius 3 is 2.70 bits per heavy atom. The third-order valence-electron chi connectivity index (χ3n) is 3.61. The number of hydrogen-bond acceptors (Lipinski definition) is 4. The van der Waals surface area contributed by atoms with Gasteiger partial charge < -0.3 is 9.47 Å². The molecule has 0 fully saturated rings. The van der Waals surface area contributed by atoms with Gasteiger partial charge in [0, 0.05) is 10.6 Å². The molecule has 118 valence electrons. The Morgan fingerprint density at radius 1 is 1.13 bits per heavy atom. The second-order valence-electron chi connectivity index (χ2n) is 5.02. The summed E-state index contributed by atoms with van der Waals surface area (Å²) in [6.45, 7) is 0.328. The van der Waals surface area contributed by atoms with Crippen LogP contribution in [0.1, 0.15) is 5.56 Å². The third kappa shape index (κ3) is 3.00. The molecule has 0 saturated heterocycles. The Hall–Kier alpha value is -2.53. The molecule has 0 bridgehead atoms. The monoisotopic (exact) mass is 330 g/mol. The van der Waals surface area contributed by atoms with Crippen molar-refractivity contribution >= 4 is 22.5 Å². The summed E-state index contributed by atoms with van der Waals surface area (Å²) in [6, 6.07) is 10.5. The van der Waals surface area contributed by atoms with E-state index < -0.39 is 0 Å². The van der Waals surface area contributed by atoms with Gasteiger partial charge in [0.15, 0.2) is 0 Å². The summed E-state index contributed by atoms with van der Waals surface area (Å²) in [6.07, 6.45) is 1.53. The van der Waals surface area contributed by atoms with Gasteiger partial charge in [-0.3, -0.25) is 9.36 Å². The van der Waals surface area contributed by atoms with Crippen molar-refractivity contribution in [3.05, 3.63) is 63.7 Å². The van der Waals surface area contributed by atoms with E-state index in [-0.39, 0.29) is 5.56 Å². The van der Waals surface area contributed by atoms with Crippen molar-refractivity contribution in [1.29, 1.82) is 0 Å². The molecule has 1 aromatic heterocycles. The molecule has 3 aromatic rings. The first-order chi connectivity index (χ1) is 11.1. The van der Waals surface area contributed by atoms with Gasteiger partial charge in [0.25, 0.3) is 5.56 Å². The van der Waals surface area contributed by atoms with E-state index in [9.17, 15) is 4.79 Å². The van der Waals surface area contributed by atoms with Gasteiger partial charge in [0.2, 0.25) is 0 Å². The van der Waals surface area contributed by atoms with Crippen molar-refractivity contribution < 1.29 is 9.47 Å². The third-order valence-corrected chi connectivity index (χ3v) is 3.85. The topological polar surface area (TPSA) is 53.4 Å². The molecule has 0 spiro atoms. The SMILES string of the molecule is COc1ccc(OC)c(Cn2cnc3ccc(Cl)cc3c2=O)c1. The minimum absolute atomic E-state index is 0.151. The number of nitrogens with zero attached hydrogens (tertiary/aromatic N) is 2. The van der Waals surface area contributed by atoms with Crippen LogP contribution in [-0.2, 0) is 6.54 Å². The van der Waals surface area contributed by atoms with Gasteiger partial charge in [-0.2, -0.15) is 0 Å². The summed E-state index contributed by atoms with van der Waals surface area (Å²) in [5.74, 6) is 1.38. The second kappa shape index (κ2) is 6.30. The maximum Gasteiger partial charge on any atom is 0.261 e. The summed E-state index contributed by atoms with van der Waals surface area (Å²) < 4.78 is 12.1. The van der Waals surface area contributed by atoms with Crippen LogP contribution < -0.4 is 15.0 Å². The number of hydrogen-bond donors (Lipinski definition) is 0. The van der Waals surface area contributed by atoms with E-state index in [4.69, 9.17) is 21.1 Å². The first kappa shape index (κ1) is 15.4. The summed E-state index contributed by atoms with van der Waals surface area (Å²) in [5.41, 5.74) is 1.30. The predicted molar refractivity (Wildman–Crippen MR) is 89.7 cm³/mol.